The zero-order valence-electron chi connectivity index (χ0n) is 17.8. The van der Waals surface area contributed by atoms with Crippen LogP contribution in [0.4, 0.5) is 5.69 Å². The Morgan fingerprint density at radius 2 is 1.91 bits per heavy atom. The van der Waals surface area contributed by atoms with Crippen LogP contribution >= 0.6 is 0 Å². The number of aryl methyl sites for hydroxylation is 2. The van der Waals surface area contributed by atoms with Crippen molar-refractivity contribution in [1.29, 1.82) is 5.26 Å². The molecule has 1 atom stereocenters. The van der Waals surface area contributed by atoms with Crippen LogP contribution in [0.15, 0.2) is 39.9 Å². The van der Waals surface area contributed by atoms with Gasteiger partial charge in [0.25, 0.3) is 5.56 Å². The second-order valence-electron chi connectivity index (χ2n) is 8.61. The number of carbonyl (C=O) groups excluding carboxylic acids is 1. The van der Waals surface area contributed by atoms with Crippen molar-refractivity contribution >= 4 is 11.5 Å². The lowest BCUT2D eigenvalue weighted by Crippen LogP contribution is -2.46. The maximum Gasteiger partial charge on any atom is 0.349 e. The van der Waals surface area contributed by atoms with Crippen molar-refractivity contribution in [3.63, 3.8) is 0 Å². The summed E-state index contributed by atoms with van der Waals surface area (Å²) in [5.74, 6) is 0.313. The molecule has 1 aliphatic heterocycles. The Labute approximate surface area is 183 Å². The van der Waals surface area contributed by atoms with Crippen LogP contribution in [0.25, 0.3) is 5.69 Å². The summed E-state index contributed by atoms with van der Waals surface area (Å²) in [5, 5.41) is 16.3. The molecule has 0 amide bonds. The highest BCUT2D eigenvalue weighted by Gasteiger charge is 2.51. The van der Waals surface area contributed by atoms with Gasteiger partial charge in [0.1, 0.15) is 11.9 Å². The molecule has 32 heavy (non-hydrogen) atoms. The van der Waals surface area contributed by atoms with E-state index < -0.39 is 11.2 Å². The first kappa shape index (κ1) is 19.9. The molecular formula is C24H21N5O3. The smallest absolute Gasteiger partial charge is 0.349 e. The first-order valence-corrected chi connectivity index (χ1v) is 10.5. The maximum atomic E-state index is 12.3. The number of rotatable bonds is 3. The van der Waals surface area contributed by atoms with Crippen LogP contribution < -0.4 is 16.6 Å². The first-order valence-electron chi connectivity index (χ1n) is 10.5. The highest BCUT2D eigenvalue weighted by atomic mass is 16.2. The zero-order chi connectivity index (χ0) is 22.6. The van der Waals surface area contributed by atoms with Gasteiger partial charge in [-0.2, -0.15) is 9.94 Å². The summed E-state index contributed by atoms with van der Waals surface area (Å²) in [6, 6.07) is 11.6. The van der Waals surface area contributed by atoms with Crippen LogP contribution in [0.1, 0.15) is 46.4 Å². The van der Waals surface area contributed by atoms with E-state index in [4.69, 9.17) is 5.26 Å². The number of hydrogen-bond acceptors (Lipinski definition) is 6. The summed E-state index contributed by atoms with van der Waals surface area (Å²) in [5.41, 5.74) is 4.59. The van der Waals surface area contributed by atoms with E-state index in [0.717, 1.165) is 44.6 Å². The predicted octanol–water partition coefficient (Wildman–Crippen LogP) is 2.03. The number of ketones is 1. The van der Waals surface area contributed by atoms with Crippen molar-refractivity contribution in [2.75, 3.05) is 11.9 Å². The van der Waals surface area contributed by atoms with E-state index in [1.54, 1.807) is 6.07 Å². The van der Waals surface area contributed by atoms with Gasteiger partial charge < -0.3 is 5.32 Å². The number of nitrogens with one attached hydrogen (secondary N) is 2. The van der Waals surface area contributed by atoms with Crippen molar-refractivity contribution in [1.82, 2.24) is 14.8 Å². The van der Waals surface area contributed by atoms with E-state index in [1.807, 2.05) is 26.0 Å². The van der Waals surface area contributed by atoms with E-state index in [1.165, 1.54) is 0 Å². The second-order valence-corrected chi connectivity index (χ2v) is 8.61. The standard InChI is InChI=1S/C24H21N5O3/c1-13-7-16(29-23(32)27-22(31)20(11-25)28-29)8-14(2)17(13)9-15-3-4-19-18(10-15)24(12-26-19)6-5-21(24)30/h3-4,7-8,10,26H,5-6,9,12H2,1-2H3,(H,27,31,32). The largest absolute Gasteiger partial charge is 0.383 e. The lowest BCUT2D eigenvalue weighted by atomic mass is 9.64. The first-order chi connectivity index (χ1) is 15.3. The zero-order valence-corrected chi connectivity index (χ0v) is 17.8. The third-order valence-electron chi connectivity index (χ3n) is 6.73. The number of aromatic amines is 1. The molecule has 160 valence electrons. The van der Waals surface area contributed by atoms with E-state index >= 15 is 0 Å². The predicted molar refractivity (Wildman–Crippen MR) is 118 cm³/mol. The molecule has 1 spiro atoms. The molecule has 1 unspecified atom stereocenters. The van der Waals surface area contributed by atoms with Gasteiger partial charge in [-0.05, 0) is 72.7 Å². The fourth-order valence-electron chi connectivity index (χ4n) is 4.82. The number of benzene rings is 2. The summed E-state index contributed by atoms with van der Waals surface area (Å²) in [4.78, 5) is 38.4. The molecule has 0 radical (unpaired) electrons. The molecule has 3 aromatic rings. The van der Waals surface area contributed by atoms with Crippen molar-refractivity contribution in [3.8, 4) is 11.8 Å². The molecule has 2 aliphatic rings. The van der Waals surface area contributed by atoms with Crippen LogP contribution in [0.2, 0.25) is 0 Å². The Balaban J connectivity index is 1.51. The lowest BCUT2D eigenvalue weighted by molar-refractivity contribution is -0.130. The third-order valence-corrected chi connectivity index (χ3v) is 6.73. The number of H-pyrrole nitrogens is 1. The highest BCUT2D eigenvalue weighted by Crippen LogP contribution is 2.48. The molecule has 0 bridgehead atoms. The van der Waals surface area contributed by atoms with Crippen molar-refractivity contribution in [2.45, 2.75) is 38.5 Å². The summed E-state index contributed by atoms with van der Waals surface area (Å²) >= 11 is 0. The van der Waals surface area contributed by atoms with E-state index in [9.17, 15) is 14.4 Å². The van der Waals surface area contributed by atoms with Gasteiger partial charge in [-0.25, -0.2) is 4.79 Å². The molecule has 5 rings (SSSR count). The van der Waals surface area contributed by atoms with Crippen molar-refractivity contribution in [3.05, 3.63) is 84.7 Å². The Morgan fingerprint density at radius 3 is 2.53 bits per heavy atom. The topological polar surface area (TPSA) is 121 Å². The SMILES string of the molecule is Cc1cc(-n2nc(C#N)c(=O)[nH]c2=O)cc(C)c1Cc1ccc2c(c1)C1(CCC1=O)CN2. The molecule has 8 heteroatoms. The van der Waals surface area contributed by atoms with Crippen LogP contribution in [-0.2, 0) is 16.6 Å². The quantitative estimate of drug-likeness (QED) is 0.660. The number of fused-ring (bicyclic) bond motifs is 2. The number of aromatic nitrogens is 3. The molecule has 0 saturated heterocycles. The molecule has 1 fully saturated rings. The Kier molecular flexibility index (Phi) is 4.38. The van der Waals surface area contributed by atoms with Gasteiger partial charge in [-0.1, -0.05) is 12.1 Å². The number of anilines is 1. The molecule has 2 N–H and O–H groups in total. The maximum absolute atomic E-state index is 12.3. The number of Topliss-reactive ketones (excluding diaryl/α,β-unsaturated/α-hetero) is 1. The monoisotopic (exact) mass is 427 g/mol. The van der Waals surface area contributed by atoms with Gasteiger partial charge in [-0.3, -0.25) is 14.6 Å². The summed E-state index contributed by atoms with van der Waals surface area (Å²) in [7, 11) is 0. The molecule has 1 saturated carbocycles. The van der Waals surface area contributed by atoms with Crippen molar-refractivity contribution in [2.24, 2.45) is 0 Å². The van der Waals surface area contributed by atoms with Crippen LogP contribution in [0, 0.1) is 25.2 Å². The lowest BCUT2D eigenvalue weighted by Gasteiger charge is -2.36. The fraction of sp³-hybridized carbons (Fsp3) is 0.292. The van der Waals surface area contributed by atoms with Crippen LogP contribution in [-0.4, -0.2) is 27.1 Å². The fourth-order valence-corrected chi connectivity index (χ4v) is 4.82. The van der Waals surface area contributed by atoms with Crippen LogP contribution in [0.3, 0.4) is 0 Å². The third kappa shape index (κ3) is 2.89. The van der Waals surface area contributed by atoms with Crippen molar-refractivity contribution < 1.29 is 4.79 Å². The minimum Gasteiger partial charge on any atom is -0.383 e. The van der Waals surface area contributed by atoms with Crippen LogP contribution in [0.5, 0.6) is 0 Å². The molecule has 2 aromatic carbocycles. The Hall–Kier alpha value is -3.99. The summed E-state index contributed by atoms with van der Waals surface area (Å²) in [6.45, 7) is 4.60. The second kappa shape index (κ2) is 7.02. The minimum absolute atomic E-state index is 0.313. The van der Waals surface area contributed by atoms with Gasteiger partial charge in [0.05, 0.1) is 11.1 Å². The number of nitrogens with zero attached hydrogens (tertiary/aromatic N) is 3. The molecular weight excluding hydrogens is 406 g/mol. The summed E-state index contributed by atoms with van der Waals surface area (Å²) < 4.78 is 1.04. The van der Waals surface area contributed by atoms with E-state index in [2.05, 4.69) is 33.6 Å². The highest BCUT2D eigenvalue weighted by molar-refractivity contribution is 5.99. The van der Waals surface area contributed by atoms with E-state index in [-0.39, 0.29) is 11.1 Å². The normalized spacial score (nSPS) is 18.7. The molecule has 1 aromatic heterocycles. The Bertz CT molecular complexity index is 1440. The average Bonchev–Trinajstić information content (AvgIpc) is 3.16. The van der Waals surface area contributed by atoms with Gasteiger partial charge in [0.15, 0.2) is 0 Å². The van der Waals surface area contributed by atoms with Gasteiger partial charge in [0.2, 0.25) is 5.69 Å². The van der Waals surface area contributed by atoms with E-state index in [0.29, 0.717) is 30.9 Å². The minimum atomic E-state index is -0.798. The number of carbonyl (C=O) groups is 1. The molecule has 8 nitrogen and oxygen atoms in total. The van der Waals surface area contributed by atoms with Gasteiger partial charge >= 0.3 is 5.69 Å². The average molecular weight is 427 g/mol. The van der Waals surface area contributed by atoms with Gasteiger partial charge in [-0.15, -0.1) is 5.10 Å². The Morgan fingerprint density at radius 1 is 1.16 bits per heavy atom. The van der Waals surface area contributed by atoms with Gasteiger partial charge in [0, 0.05) is 18.7 Å². The number of nitriles is 1. The molecule has 1 aliphatic carbocycles. The summed E-state index contributed by atoms with van der Waals surface area (Å²) in [6.07, 6.45) is 2.23. The number of hydrogen-bond donors (Lipinski definition) is 2. The molecule has 2 heterocycles.